The van der Waals surface area contributed by atoms with Gasteiger partial charge in [-0.05, 0) is 36.6 Å². The molecule has 4 rings (SSSR count). The summed E-state index contributed by atoms with van der Waals surface area (Å²) in [6.45, 7) is 1.39. The third-order valence-corrected chi connectivity index (χ3v) is 6.16. The van der Waals surface area contributed by atoms with E-state index in [-0.39, 0.29) is 11.6 Å². The second kappa shape index (κ2) is 7.90. The molecule has 1 saturated heterocycles. The van der Waals surface area contributed by atoms with Crippen LogP contribution in [0, 0.1) is 10.1 Å². The van der Waals surface area contributed by atoms with Crippen LogP contribution in [0.2, 0.25) is 0 Å². The summed E-state index contributed by atoms with van der Waals surface area (Å²) < 4.78 is 1.20. The summed E-state index contributed by atoms with van der Waals surface area (Å²) >= 11 is 1.74. The van der Waals surface area contributed by atoms with Crippen molar-refractivity contribution in [1.29, 1.82) is 0 Å². The molecule has 2 aromatic carbocycles. The predicted molar refractivity (Wildman–Crippen MR) is 110 cm³/mol. The van der Waals surface area contributed by atoms with Crippen LogP contribution in [0.1, 0.15) is 29.3 Å². The van der Waals surface area contributed by atoms with Crippen LogP contribution in [-0.2, 0) is 4.79 Å². The highest BCUT2D eigenvalue weighted by molar-refractivity contribution is 7.18. The number of carbonyl (C=O) groups is 1. The molecule has 2 heterocycles. The summed E-state index contributed by atoms with van der Waals surface area (Å²) in [5, 5.41) is 12.0. The summed E-state index contributed by atoms with van der Waals surface area (Å²) in [6, 6.07) is 14.4. The van der Waals surface area contributed by atoms with Gasteiger partial charge in [0.25, 0.3) is 5.69 Å². The number of likely N-dealkylation sites (tertiary alicyclic amines) is 1. The average Bonchev–Trinajstić information content (AvgIpc) is 3.16. The summed E-state index contributed by atoms with van der Waals surface area (Å²) in [4.78, 5) is 29.5. The molecular weight excluding hydrogens is 374 g/mol. The van der Waals surface area contributed by atoms with Crippen LogP contribution in [0.4, 0.5) is 5.69 Å². The van der Waals surface area contributed by atoms with E-state index >= 15 is 0 Å². The number of hydrogen-bond acceptors (Lipinski definition) is 5. The third kappa shape index (κ3) is 3.94. The minimum Gasteiger partial charge on any atom is -0.339 e. The van der Waals surface area contributed by atoms with Crippen LogP contribution in [0.15, 0.2) is 54.6 Å². The van der Waals surface area contributed by atoms with Crippen molar-refractivity contribution in [3.05, 3.63) is 75.3 Å². The number of rotatable bonds is 4. The largest absolute Gasteiger partial charge is 0.339 e. The number of nitrogens with zero attached hydrogens (tertiary/aromatic N) is 3. The quantitative estimate of drug-likeness (QED) is 0.368. The molecule has 1 fully saturated rings. The topological polar surface area (TPSA) is 76.3 Å². The van der Waals surface area contributed by atoms with Gasteiger partial charge in [-0.1, -0.05) is 24.3 Å². The van der Waals surface area contributed by atoms with Gasteiger partial charge >= 0.3 is 0 Å². The number of nitro benzene ring substituents is 1. The third-order valence-electron chi connectivity index (χ3n) is 4.97. The van der Waals surface area contributed by atoms with Crippen molar-refractivity contribution in [2.24, 2.45) is 0 Å². The van der Waals surface area contributed by atoms with Crippen molar-refractivity contribution >= 4 is 39.2 Å². The number of hydrogen-bond donors (Lipinski definition) is 0. The van der Waals surface area contributed by atoms with Crippen molar-refractivity contribution in [3.63, 3.8) is 0 Å². The van der Waals surface area contributed by atoms with Crippen LogP contribution in [0.5, 0.6) is 0 Å². The molecular formula is C21H19N3O3S. The molecule has 0 spiro atoms. The van der Waals surface area contributed by atoms with Crippen LogP contribution in [0.3, 0.4) is 0 Å². The van der Waals surface area contributed by atoms with E-state index in [0.717, 1.165) is 23.4 Å². The molecule has 142 valence electrons. The zero-order valence-corrected chi connectivity index (χ0v) is 16.0. The van der Waals surface area contributed by atoms with Gasteiger partial charge in [0, 0.05) is 37.2 Å². The Morgan fingerprint density at radius 1 is 1.18 bits per heavy atom. The standard InChI is InChI=1S/C21H19N3O3S/c25-20(9-8-15-4-3-5-17(14-15)24(26)27)23-12-10-16(11-13-23)21-22-18-6-1-2-7-19(18)28-21/h1-9,14,16H,10-13H2/b9-8+. The summed E-state index contributed by atoms with van der Waals surface area (Å²) in [6.07, 6.45) is 4.93. The van der Waals surface area contributed by atoms with Gasteiger partial charge in [-0.2, -0.15) is 0 Å². The molecule has 0 saturated carbocycles. The van der Waals surface area contributed by atoms with Gasteiger partial charge in [0.15, 0.2) is 0 Å². The van der Waals surface area contributed by atoms with Crippen LogP contribution < -0.4 is 0 Å². The molecule has 7 heteroatoms. The van der Waals surface area contributed by atoms with Gasteiger partial charge in [-0.25, -0.2) is 4.98 Å². The first-order valence-electron chi connectivity index (χ1n) is 9.17. The molecule has 1 aromatic heterocycles. The van der Waals surface area contributed by atoms with Gasteiger partial charge in [-0.3, -0.25) is 14.9 Å². The molecule has 1 aliphatic heterocycles. The average molecular weight is 393 g/mol. The molecule has 3 aromatic rings. The number of piperidine rings is 1. The number of thiazole rings is 1. The smallest absolute Gasteiger partial charge is 0.270 e. The maximum atomic E-state index is 12.5. The number of benzene rings is 2. The van der Waals surface area contributed by atoms with Crippen molar-refractivity contribution < 1.29 is 9.72 Å². The SMILES string of the molecule is O=C(/C=C/c1cccc([N+](=O)[O-])c1)N1CCC(c2nc3ccccc3s2)CC1. The Kier molecular flexibility index (Phi) is 5.16. The van der Waals surface area contributed by atoms with Gasteiger partial charge < -0.3 is 4.90 Å². The lowest BCUT2D eigenvalue weighted by Gasteiger charge is -2.30. The zero-order valence-electron chi connectivity index (χ0n) is 15.2. The number of fused-ring (bicyclic) bond motifs is 1. The van der Waals surface area contributed by atoms with Gasteiger partial charge in [0.05, 0.1) is 20.1 Å². The lowest BCUT2D eigenvalue weighted by atomic mass is 9.97. The van der Waals surface area contributed by atoms with Gasteiger partial charge in [0.1, 0.15) is 0 Å². The van der Waals surface area contributed by atoms with E-state index in [9.17, 15) is 14.9 Å². The van der Waals surface area contributed by atoms with E-state index in [1.165, 1.54) is 22.9 Å². The molecule has 0 radical (unpaired) electrons. The first-order chi connectivity index (χ1) is 13.6. The Morgan fingerprint density at radius 3 is 2.71 bits per heavy atom. The Balaban J connectivity index is 1.37. The highest BCUT2D eigenvalue weighted by Gasteiger charge is 2.25. The molecule has 6 nitrogen and oxygen atoms in total. The molecule has 1 aliphatic rings. The lowest BCUT2D eigenvalue weighted by molar-refractivity contribution is -0.384. The van der Waals surface area contributed by atoms with Crippen LogP contribution >= 0.6 is 11.3 Å². The molecule has 28 heavy (non-hydrogen) atoms. The van der Waals surface area contributed by atoms with E-state index in [0.29, 0.717) is 24.6 Å². The van der Waals surface area contributed by atoms with Gasteiger partial charge in [-0.15, -0.1) is 11.3 Å². The second-order valence-electron chi connectivity index (χ2n) is 6.80. The summed E-state index contributed by atoms with van der Waals surface area (Å²) in [7, 11) is 0. The number of non-ortho nitro benzene ring substituents is 1. The lowest BCUT2D eigenvalue weighted by Crippen LogP contribution is -2.36. The Labute approximate surface area is 166 Å². The zero-order chi connectivity index (χ0) is 19.5. The molecule has 0 unspecified atom stereocenters. The summed E-state index contributed by atoms with van der Waals surface area (Å²) in [5.41, 5.74) is 1.71. The fraction of sp³-hybridized carbons (Fsp3) is 0.238. The molecule has 0 N–H and O–H groups in total. The van der Waals surface area contributed by atoms with Crippen molar-refractivity contribution in [2.75, 3.05) is 13.1 Å². The predicted octanol–water partition coefficient (Wildman–Crippen LogP) is 4.62. The van der Waals surface area contributed by atoms with E-state index in [2.05, 4.69) is 6.07 Å². The minimum atomic E-state index is -0.439. The first-order valence-corrected chi connectivity index (χ1v) is 9.99. The maximum Gasteiger partial charge on any atom is 0.270 e. The fourth-order valence-electron chi connectivity index (χ4n) is 3.43. The Morgan fingerprint density at radius 2 is 1.96 bits per heavy atom. The molecule has 1 amide bonds. The molecule has 0 aliphatic carbocycles. The number of amides is 1. The highest BCUT2D eigenvalue weighted by atomic mass is 32.1. The van der Waals surface area contributed by atoms with E-state index < -0.39 is 4.92 Å². The fourth-order valence-corrected chi connectivity index (χ4v) is 4.56. The van der Waals surface area contributed by atoms with Crippen molar-refractivity contribution in [3.8, 4) is 0 Å². The number of carbonyl (C=O) groups excluding carboxylic acids is 1. The maximum absolute atomic E-state index is 12.5. The second-order valence-corrected chi connectivity index (χ2v) is 7.87. The first kappa shape index (κ1) is 18.3. The molecule has 0 atom stereocenters. The van der Waals surface area contributed by atoms with E-state index in [1.807, 2.05) is 23.1 Å². The van der Waals surface area contributed by atoms with E-state index in [1.54, 1.807) is 29.5 Å². The van der Waals surface area contributed by atoms with Crippen LogP contribution in [0.25, 0.3) is 16.3 Å². The van der Waals surface area contributed by atoms with E-state index in [4.69, 9.17) is 4.98 Å². The van der Waals surface area contributed by atoms with Crippen LogP contribution in [-0.4, -0.2) is 33.8 Å². The van der Waals surface area contributed by atoms with Gasteiger partial charge in [0.2, 0.25) is 5.91 Å². The number of para-hydroxylation sites is 1. The van der Waals surface area contributed by atoms with Crippen molar-refractivity contribution in [2.45, 2.75) is 18.8 Å². The summed E-state index contributed by atoms with van der Waals surface area (Å²) in [5.74, 6) is 0.330. The molecule has 0 bridgehead atoms. The Hall–Kier alpha value is -3.06. The monoisotopic (exact) mass is 393 g/mol. The van der Waals surface area contributed by atoms with Crippen molar-refractivity contribution in [1.82, 2.24) is 9.88 Å². The minimum absolute atomic E-state index is 0.0197. The normalized spacial score (nSPS) is 15.4. The highest BCUT2D eigenvalue weighted by Crippen LogP contribution is 2.33. The number of nitro groups is 1. The number of aromatic nitrogens is 1. The Bertz CT molecular complexity index is 1020.